The van der Waals surface area contributed by atoms with E-state index < -0.39 is 0 Å². The van der Waals surface area contributed by atoms with E-state index in [2.05, 4.69) is 9.88 Å². The zero-order chi connectivity index (χ0) is 11.9. The summed E-state index contributed by atoms with van der Waals surface area (Å²) >= 11 is 0. The molecule has 1 aromatic heterocycles. The summed E-state index contributed by atoms with van der Waals surface area (Å²) in [6, 6.07) is 8.11. The van der Waals surface area contributed by atoms with Gasteiger partial charge in [0.2, 0.25) is 0 Å². The van der Waals surface area contributed by atoms with Crippen LogP contribution in [0.3, 0.4) is 0 Å². The second-order valence-electron chi connectivity index (χ2n) is 5.67. The molecular weight excluding hydrogens is 222 g/mol. The Kier molecular flexibility index (Phi) is 2.25. The van der Waals surface area contributed by atoms with E-state index in [1.54, 1.807) is 0 Å². The number of benzene rings is 1. The normalized spacial score (nSPS) is 26.8. The summed E-state index contributed by atoms with van der Waals surface area (Å²) in [7, 11) is 0. The minimum atomic E-state index is 0.886. The molecule has 0 radical (unpaired) electrons. The van der Waals surface area contributed by atoms with Gasteiger partial charge in [-0.2, -0.15) is 0 Å². The lowest BCUT2D eigenvalue weighted by Crippen LogP contribution is -2.36. The largest absolute Gasteiger partial charge is 0.355 e. The smallest absolute Gasteiger partial charge is 0.147 e. The van der Waals surface area contributed by atoms with Gasteiger partial charge in [-0.1, -0.05) is 12.1 Å². The zero-order valence-corrected chi connectivity index (χ0v) is 10.4. The van der Waals surface area contributed by atoms with Gasteiger partial charge in [-0.15, -0.1) is 0 Å². The van der Waals surface area contributed by atoms with E-state index in [9.17, 15) is 0 Å². The molecule has 0 spiro atoms. The van der Waals surface area contributed by atoms with Gasteiger partial charge in [0.15, 0.2) is 0 Å². The summed E-state index contributed by atoms with van der Waals surface area (Å²) in [4.78, 5) is 11.7. The lowest BCUT2D eigenvalue weighted by atomic mass is 9.99. The van der Waals surface area contributed by atoms with Crippen molar-refractivity contribution in [2.45, 2.75) is 19.3 Å². The highest BCUT2D eigenvalue weighted by Crippen LogP contribution is 2.37. The highest BCUT2D eigenvalue weighted by molar-refractivity contribution is 5.75. The van der Waals surface area contributed by atoms with Crippen molar-refractivity contribution in [2.24, 2.45) is 11.8 Å². The molecule has 0 N–H and O–H groups in total. The van der Waals surface area contributed by atoms with Gasteiger partial charge in [-0.3, -0.25) is 4.98 Å². The van der Waals surface area contributed by atoms with Crippen molar-refractivity contribution < 1.29 is 0 Å². The Morgan fingerprint density at radius 3 is 2.50 bits per heavy atom. The van der Waals surface area contributed by atoms with E-state index in [0.717, 1.165) is 28.7 Å². The first-order valence-corrected chi connectivity index (χ1v) is 6.85. The monoisotopic (exact) mass is 239 g/mol. The SMILES string of the molecule is c1ccc2nc(N3C[C@@H]4CC[C@@H](C4)C3)cnc2c1. The van der Waals surface area contributed by atoms with E-state index in [0.29, 0.717) is 0 Å². The van der Waals surface area contributed by atoms with E-state index in [-0.39, 0.29) is 0 Å². The molecule has 0 unspecified atom stereocenters. The van der Waals surface area contributed by atoms with Crippen LogP contribution in [-0.4, -0.2) is 23.1 Å². The summed E-state index contributed by atoms with van der Waals surface area (Å²) in [6.07, 6.45) is 6.18. The Morgan fingerprint density at radius 2 is 1.72 bits per heavy atom. The van der Waals surface area contributed by atoms with E-state index in [4.69, 9.17) is 4.98 Å². The van der Waals surface area contributed by atoms with Crippen molar-refractivity contribution >= 4 is 16.9 Å². The quantitative estimate of drug-likeness (QED) is 0.766. The van der Waals surface area contributed by atoms with Crippen molar-refractivity contribution in [3.63, 3.8) is 0 Å². The van der Waals surface area contributed by atoms with Crippen LogP contribution in [0.15, 0.2) is 30.5 Å². The third kappa shape index (κ3) is 1.65. The fourth-order valence-electron chi connectivity index (χ4n) is 3.49. The first kappa shape index (κ1) is 10.3. The number of para-hydroxylation sites is 2. The minimum Gasteiger partial charge on any atom is -0.355 e. The van der Waals surface area contributed by atoms with Gasteiger partial charge in [-0.05, 0) is 43.2 Å². The molecule has 3 heteroatoms. The summed E-state index contributed by atoms with van der Waals surface area (Å²) in [5.74, 6) is 2.83. The van der Waals surface area contributed by atoms with Crippen LogP contribution in [-0.2, 0) is 0 Å². The van der Waals surface area contributed by atoms with Gasteiger partial charge >= 0.3 is 0 Å². The Bertz CT molecular complexity index is 569. The highest BCUT2D eigenvalue weighted by atomic mass is 15.2. The van der Waals surface area contributed by atoms with Crippen LogP contribution in [0.1, 0.15) is 19.3 Å². The van der Waals surface area contributed by atoms with Crippen LogP contribution in [0.25, 0.3) is 11.0 Å². The predicted molar refractivity (Wildman–Crippen MR) is 72.6 cm³/mol. The molecule has 1 saturated heterocycles. The first-order chi connectivity index (χ1) is 8.88. The average Bonchev–Trinajstić information content (AvgIpc) is 2.77. The molecule has 18 heavy (non-hydrogen) atoms. The number of anilines is 1. The molecule has 1 saturated carbocycles. The summed E-state index contributed by atoms with van der Waals surface area (Å²) in [5.41, 5.74) is 1.99. The summed E-state index contributed by atoms with van der Waals surface area (Å²) in [5, 5.41) is 0. The molecule has 0 amide bonds. The van der Waals surface area contributed by atoms with E-state index >= 15 is 0 Å². The van der Waals surface area contributed by atoms with Gasteiger partial charge in [0.25, 0.3) is 0 Å². The van der Waals surface area contributed by atoms with Gasteiger partial charge < -0.3 is 4.90 Å². The second kappa shape index (κ2) is 3.94. The number of fused-ring (bicyclic) bond motifs is 3. The topological polar surface area (TPSA) is 29.0 Å². The highest BCUT2D eigenvalue weighted by Gasteiger charge is 2.33. The Balaban J connectivity index is 1.70. The average molecular weight is 239 g/mol. The molecule has 2 fully saturated rings. The molecule has 92 valence electrons. The van der Waals surface area contributed by atoms with Crippen LogP contribution in [0, 0.1) is 11.8 Å². The van der Waals surface area contributed by atoms with Gasteiger partial charge in [-0.25, -0.2) is 4.98 Å². The number of piperidine rings is 1. The summed E-state index contributed by atoms with van der Waals surface area (Å²) < 4.78 is 0. The van der Waals surface area contributed by atoms with Crippen molar-refractivity contribution in [3.8, 4) is 0 Å². The van der Waals surface area contributed by atoms with Crippen LogP contribution >= 0.6 is 0 Å². The fraction of sp³-hybridized carbons (Fsp3) is 0.467. The molecule has 2 atom stereocenters. The van der Waals surface area contributed by atoms with Crippen LogP contribution in [0.4, 0.5) is 5.82 Å². The zero-order valence-electron chi connectivity index (χ0n) is 10.4. The Hall–Kier alpha value is -1.64. The number of hydrogen-bond donors (Lipinski definition) is 0. The van der Waals surface area contributed by atoms with Gasteiger partial charge in [0, 0.05) is 13.1 Å². The number of aromatic nitrogens is 2. The molecule has 2 aliphatic rings. The predicted octanol–water partition coefficient (Wildman–Crippen LogP) is 2.87. The standard InChI is InChI=1S/C15H17N3/c1-2-4-14-13(3-1)16-8-15(17-14)18-9-11-5-6-12(7-11)10-18/h1-4,8,11-12H,5-7,9-10H2/t11-,12+. The minimum absolute atomic E-state index is 0.886. The lowest BCUT2D eigenvalue weighted by molar-refractivity contribution is 0.419. The van der Waals surface area contributed by atoms with Crippen LogP contribution in [0.2, 0.25) is 0 Å². The maximum absolute atomic E-state index is 4.76. The lowest BCUT2D eigenvalue weighted by Gasteiger charge is -2.32. The first-order valence-electron chi connectivity index (χ1n) is 6.85. The third-order valence-corrected chi connectivity index (χ3v) is 4.37. The Labute approximate surface area is 107 Å². The van der Waals surface area contributed by atoms with Crippen LogP contribution in [0.5, 0.6) is 0 Å². The maximum atomic E-state index is 4.76. The molecular formula is C15H17N3. The number of hydrogen-bond acceptors (Lipinski definition) is 3. The molecule has 2 aromatic rings. The van der Waals surface area contributed by atoms with Crippen molar-refractivity contribution in [2.75, 3.05) is 18.0 Å². The molecule has 1 aliphatic carbocycles. The van der Waals surface area contributed by atoms with E-state index in [1.807, 2.05) is 30.5 Å². The maximum Gasteiger partial charge on any atom is 0.147 e. The molecule has 1 aliphatic heterocycles. The molecule has 4 rings (SSSR count). The van der Waals surface area contributed by atoms with Crippen LogP contribution < -0.4 is 4.90 Å². The Morgan fingerprint density at radius 1 is 1.00 bits per heavy atom. The molecule has 2 bridgehead atoms. The van der Waals surface area contributed by atoms with Crippen molar-refractivity contribution in [1.29, 1.82) is 0 Å². The van der Waals surface area contributed by atoms with Crippen molar-refractivity contribution in [3.05, 3.63) is 30.5 Å². The number of nitrogens with zero attached hydrogens (tertiary/aromatic N) is 3. The second-order valence-corrected chi connectivity index (χ2v) is 5.67. The van der Waals surface area contributed by atoms with Gasteiger partial charge in [0.05, 0.1) is 17.2 Å². The number of rotatable bonds is 1. The summed E-state index contributed by atoms with van der Waals surface area (Å²) in [6.45, 7) is 2.34. The van der Waals surface area contributed by atoms with Crippen molar-refractivity contribution in [1.82, 2.24) is 9.97 Å². The fourth-order valence-corrected chi connectivity index (χ4v) is 3.49. The third-order valence-electron chi connectivity index (χ3n) is 4.37. The molecule has 1 aromatic carbocycles. The van der Waals surface area contributed by atoms with Gasteiger partial charge in [0.1, 0.15) is 5.82 Å². The molecule has 2 heterocycles. The van der Waals surface area contributed by atoms with E-state index in [1.165, 1.54) is 32.4 Å². The molecule has 3 nitrogen and oxygen atoms in total.